The number of ether oxygens (including phenoxy) is 1. The van der Waals surface area contributed by atoms with Crippen molar-refractivity contribution in [1.82, 2.24) is 30.6 Å². The summed E-state index contributed by atoms with van der Waals surface area (Å²) in [4.78, 5) is 44.0. The fourth-order valence-electron chi connectivity index (χ4n) is 5.33. The predicted octanol–water partition coefficient (Wildman–Crippen LogP) is 0.265. The van der Waals surface area contributed by atoms with Crippen molar-refractivity contribution < 1.29 is 28.0 Å². The lowest BCUT2D eigenvalue weighted by Crippen LogP contribution is -2.74. The lowest BCUT2D eigenvalue weighted by Gasteiger charge is -2.54. The molecule has 0 unspecified atom stereocenters. The van der Waals surface area contributed by atoms with Gasteiger partial charge in [0.2, 0.25) is 17.4 Å². The van der Waals surface area contributed by atoms with Crippen LogP contribution >= 0.6 is 0 Å². The highest BCUT2D eigenvalue weighted by molar-refractivity contribution is 6.20. The van der Waals surface area contributed by atoms with Crippen LogP contribution < -0.4 is 15.5 Å². The molecule has 170 valence electrons. The van der Waals surface area contributed by atoms with Crippen LogP contribution in [0, 0.1) is 11.2 Å². The zero-order valence-electron chi connectivity index (χ0n) is 17.6. The number of aryl methyl sites for hydroxylation is 1. The Hall–Kier alpha value is -3.87. The number of nitrogens with one attached hydrogen (secondary N) is 2. The van der Waals surface area contributed by atoms with Gasteiger partial charge in [0.05, 0.1) is 29.8 Å². The maximum atomic E-state index is 15.9. The number of fused-ring (bicyclic) bond motifs is 5. The SMILES string of the molecule is C[C@@H]1OCCN2c3c(cc4c(-c5ncnn5C)noc4c3F)CC3(C(=O)NC(=O)NC3=O)[C@@H]12. The Labute approximate surface area is 185 Å². The van der Waals surface area contributed by atoms with Gasteiger partial charge in [-0.2, -0.15) is 5.10 Å². The molecule has 2 aromatic heterocycles. The standard InChI is InChI=1S/C20H18FN7O5/c1-8-15-20(17(29)24-19(31)25-18(20)30)6-9-5-10-12(16-22-7-23-27(16)2)26-33-14(10)11(21)13(9)28(15)3-4-32-8/h5,7-8,15H,3-4,6H2,1-2H3,(H2,24,25,29,30,31)/t8-,15+/m0/s1. The maximum Gasteiger partial charge on any atom is 0.328 e. The van der Waals surface area contributed by atoms with Crippen LogP contribution in [0.25, 0.3) is 22.5 Å². The van der Waals surface area contributed by atoms with Crippen LogP contribution in [0.15, 0.2) is 16.9 Å². The first-order valence-corrected chi connectivity index (χ1v) is 10.3. The van der Waals surface area contributed by atoms with E-state index in [0.29, 0.717) is 16.8 Å². The molecule has 0 aliphatic carbocycles. The van der Waals surface area contributed by atoms with Crippen molar-refractivity contribution in [2.24, 2.45) is 12.5 Å². The fraction of sp³-hybridized carbons (Fsp3) is 0.400. The van der Waals surface area contributed by atoms with Gasteiger partial charge in [-0.15, -0.1) is 0 Å². The molecule has 0 saturated carbocycles. The minimum atomic E-state index is -1.69. The monoisotopic (exact) mass is 455 g/mol. The normalized spacial score (nSPS) is 24.0. The van der Waals surface area contributed by atoms with E-state index in [1.54, 1.807) is 24.9 Å². The molecule has 12 nitrogen and oxygen atoms in total. The fourth-order valence-corrected chi connectivity index (χ4v) is 5.33. The van der Waals surface area contributed by atoms with E-state index in [-0.39, 0.29) is 36.5 Å². The average molecular weight is 455 g/mol. The first-order valence-electron chi connectivity index (χ1n) is 10.3. The molecule has 0 bridgehead atoms. The number of carbonyl (C=O) groups excluding carboxylic acids is 3. The minimum absolute atomic E-state index is 0.0617. The third-order valence-corrected chi connectivity index (χ3v) is 6.70. The second-order valence-corrected chi connectivity index (χ2v) is 8.41. The molecular formula is C20H18FN7O5. The van der Waals surface area contributed by atoms with Crippen molar-refractivity contribution in [3.8, 4) is 11.5 Å². The Balaban J connectivity index is 1.61. The Morgan fingerprint density at radius 2 is 2.00 bits per heavy atom. The molecule has 1 aromatic carbocycles. The Morgan fingerprint density at radius 3 is 2.70 bits per heavy atom. The molecule has 0 radical (unpaired) electrons. The second-order valence-electron chi connectivity index (χ2n) is 8.41. The molecule has 2 saturated heterocycles. The van der Waals surface area contributed by atoms with Crippen molar-refractivity contribution in [2.75, 3.05) is 18.1 Å². The molecule has 4 amide bonds. The van der Waals surface area contributed by atoms with Gasteiger partial charge in [-0.3, -0.25) is 20.2 Å². The number of benzene rings is 1. The first kappa shape index (κ1) is 19.8. The molecule has 2 fully saturated rings. The van der Waals surface area contributed by atoms with Gasteiger partial charge < -0.3 is 14.2 Å². The molecule has 13 heteroatoms. The van der Waals surface area contributed by atoms with Gasteiger partial charge in [0.25, 0.3) is 0 Å². The van der Waals surface area contributed by atoms with Gasteiger partial charge in [0, 0.05) is 20.0 Å². The van der Waals surface area contributed by atoms with Crippen molar-refractivity contribution in [1.29, 1.82) is 0 Å². The Bertz CT molecular complexity index is 1340. The van der Waals surface area contributed by atoms with E-state index in [2.05, 4.69) is 25.9 Å². The summed E-state index contributed by atoms with van der Waals surface area (Å²) in [6.07, 6.45) is 0.612. The van der Waals surface area contributed by atoms with E-state index in [1.165, 1.54) is 11.0 Å². The van der Waals surface area contributed by atoms with Crippen LogP contribution in [0.3, 0.4) is 0 Å². The Kier molecular flexibility index (Phi) is 3.94. The van der Waals surface area contributed by atoms with Crippen molar-refractivity contribution >= 4 is 34.5 Å². The summed E-state index contributed by atoms with van der Waals surface area (Å²) < 4.78 is 28.5. The number of anilines is 1. The highest BCUT2D eigenvalue weighted by atomic mass is 19.1. The summed E-state index contributed by atoms with van der Waals surface area (Å²) in [6.45, 7) is 2.23. The number of carbonyl (C=O) groups is 3. The number of amides is 4. The van der Waals surface area contributed by atoms with Crippen LogP contribution in [0.4, 0.5) is 14.9 Å². The largest absolute Gasteiger partial charge is 0.374 e. The van der Waals surface area contributed by atoms with E-state index in [4.69, 9.17) is 9.26 Å². The third-order valence-electron chi connectivity index (χ3n) is 6.70. The van der Waals surface area contributed by atoms with Crippen LogP contribution in [0.5, 0.6) is 0 Å². The van der Waals surface area contributed by atoms with Crippen LogP contribution in [-0.4, -0.2) is 63.1 Å². The Morgan fingerprint density at radius 1 is 1.24 bits per heavy atom. The number of hydrogen-bond donors (Lipinski definition) is 2. The quantitative estimate of drug-likeness (QED) is 0.494. The number of barbiturate groups is 1. The molecule has 3 aromatic rings. The number of imide groups is 2. The van der Waals surface area contributed by atoms with E-state index in [1.807, 2.05) is 0 Å². The molecule has 6 rings (SSSR count). The number of morpholine rings is 1. The number of halogens is 1. The van der Waals surface area contributed by atoms with Gasteiger partial charge in [-0.1, -0.05) is 5.16 Å². The predicted molar refractivity (Wildman–Crippen MR) is 108 cm³/mol. The number of aromatic nitrogens is 4. The second kappa shape index (κ2) is 6.57. The smallest absolute Gasteiger partial charge is 0.328 e. The molecule has 5 heterocycles. The average Bonchev–Trinajstić information content (AvgIpc) is 3.37. The van der Waals surface area contributed by atoms with E-state index in [9.17, 15) is 14.4 Å². The zero-order chi connectivity index (χ0) is 23.1. The summed E-state index contributed by atoms with van der Waals surface area (Å²) in [5.74, 6) is -1.76. The van der Waals surface area contributed by atoms with Gasteiger partial charge in [-0.05, 0) is 18.6 Å². The summed E-state index contributed by atoms with van der Waals surface area (Å²) in [6, 6.07) is -0.0638. The molecule has 2 N–H and O–H groups in total. The molecule has 33 heavy (non-hydrogen) atoms. The highest BCUT2D eigenvalue weighted by Gasteiger charge is 2.62. The number of rotatable bonds is 1. The van der Waals surface area contributed by atoms with Crippen LogP contribution in [0.2, 0.25) is 0 Å². The van der Waals surface area contributed by atoms with Crippen molar-refractivity contribution in [3.05, 3.63) is 23.8 Å². The van der Waals surface area contributed by atoms with Gasteiger partial charge in [0.15, 0.2) is 22.8 Å². The highest BCUT2D eigenvalue weighted by Crippen LogP contribution is 2.49. The summed E-state index contributed by atoms with van der Waals surface area (Å²) in [5.41, 5.74) is -0.828. The van der Waals surface area contributed by atoms with E-state index in [0.717, 1.165) is 0 Å². The number of hydrogen-bond acceptors (Lipinski definition) is 9. The van der Waals surface area contributed by atoms with Gasteiger partial charge >= 0.3 is 6.03 Å². The summed E-state index contributed by atoms with van der Waals surface area (Å²) in [5, 5.41) is 12.8. The number of nitrogens with zero attached hydrogens (tertiary/aromatic N) is 5. The molecule has 1 spiro atoms. The van der Waals surface area contributed by atoms with E-state index < -0.39 is 41.2 Å². The van der Waals surface area contributed by atoms with Crippen LogP contribution in [0.1, 0.15) is 12.5 Å². The van der Waals surface area contributed by atoms with Crippen molar-refractivity contribution in [2.45, 2.75) is 25.5 Å². The minimum Gasteiger partial charge on any atom is -0.374 e. The molecular weight excluding hydrogens is 437 g/mol. The maximum absolute atomic E-state index is 15.9. The van der Waals surface area contributed by atoms with Crippen molar-refractivity contribution in [3.63, 3.8) is 0 Å². The molecule has 2 atom stereocenters. The molecule has 3 aliphatic rings. The van der Waals surface area contributed by atoms with Gasteiger partial charge in [-0.25, -0.2) is 18.9 Å². The first-order chi connectivity index (χ1) is 15.8. The molecule has 3 aliphatic heterocycles. The van der Waals surface area contributed by atoms with Gasteiger partial charge in [0.1, 0.15) is 6.33 Å². The topological polar surface area (TPSA) is 144 Å². The third kappa shape index (κ3) is 2.47. The van der Waals surface area contributed by atoms with Crippen LogP contribution in [-0.2, 0) is 27.8 Å². The number of urea groups is 1. The van der Waals surface area contributed by atoms with E-state index >= 15 is 4.39 Å². The lowest BCUT2D eigenvalue weighted by atomic mass is 9.66. The summed E-state index contributed by atoms with van der Waals surface area (Å²) in [7, 11) is 1.67. The lowest BCUT2D eigenvalue weighted by molar-refractivity contribution is -0.151. The summed E-state index contributed by atoms with van der Waals surface area (Å²) >= 11 is 0. The zero-order valence-corrected chi connectivity index (χ0v) is 17.6.